The second-order valence-corrected chi connectivity index (χ2v) is 7.38. The summed E-state index contributed by atoms with van der Waals surface area (Å²) in [6.45, 7) is 2.49. The number of hydrogen-bond acceptors (Lipinski definition) is 5. The van der Waals surface area contributed by atoms with E-state index >= 15 is 0 Å². The molecule has 0 unspecified atom stereocenters. The van der Waals surface area contributed by atoms with Crippen LogP contribution in [0, 0.1) is 11.3 Å². The van der Waals surface area contributed by atoms with Gasteiger partial charge in [-0.2, -0.15) is 5.26 Å². The number of carbonyl (C=O) groups excluding carboxylic acids is 1. The molecule has 3 aromatic rings. The molecule has 136 valence electrons. The molecule has 7 heteroatoms. The average Bonchev–Trinajstić information content (AvgIpc) is 2.67. The molecule has 0 aliphatic heterocycles. The van der Waals surface area contributed by atoms with E-state index in [2.05, 4.69) is 32.3 Å². The van der Waals surface area contributed by atoms with Gasteiger partial charge in [-0.3, -0.25) is 4.79 Å². The van der Waals surface area contributed by atoms with Crippen LogP contribution in [0.15, 0.2) is 58.0 Å². The number of nitrogens with zero attached hydrogens (tertiary/aromatic N) is 2. The van der Waals surface area contributed by atoms with Gasteiger partial charge in [-0.25, -0.2) is 4.98 Å². The minimum Gasteiger partial charge on any atom is -0.494 e. The molecule has 0 saturated heterocycles. The molecule has 0 atom stereocenters. The quantitative estimate of drug-likeness (QED) is 0.544. The highest BCUT2D eigenvalue weighted by Gasteiger charge is 2.12. The van der Waals surface area contributed by atoms with Crippen molar-refractivity contribution in [1.29, 1.82) is 5.26 Å². The van der Waals surface area contributed by atoms with Crippen molar-refractivity contribution < 1.29 is 9.53 Å². The molecule has 1 amide bonds. The number of nitriles is 1. The molecule has 27 heavy (non-hydrogen) atoms. The van der Waals surface area contributed by atoms with Crippen LogP contribution in [0.1, 0.15) is 12.5 Å². The summed E-state index contributed by atoms with van der Waals surface area (Å²) in [5, 5.41) is 13.6. The molecule has 0 aliphatic rings. The molecular weight excluding hydrogens is 426 g/mol. The number of benzene rings is 2. The Bertz CT molecular complexity index is 1030. The van der Waals surface area contributed by atoms with Crippen molar-refractivity contribution in [1.82, 2.24) is 4.98 Å². The number of ether oxygens (including phenoxy) is 1. The van der Waals surface area contributed by atoms with Gasteiger partial charge in [0.25, 0.3) is 0 Å². The first kappa shape index (κ1) is 19.2. The molecule has 1 aromatic heterocycles. The third-order valence-electron chi connectivity index (χ3n) is 3.67. The van der Waals surface area contributed by atoms with Gasteiger partial charge in [0.2, 0.25) is 5.91 Å². The van der Waals surface area contributed by atoms with E-state index in [1.807, 2.05) is 49.4 Å². The van der Waals surface area contributed by atoms with Gasteiger partial charge in [-0.1, -0.05) is 23.9 Å². The van der Waals surface area contributed by atoms with Gasteiger partial charge in [0.05, 0.1) is 29.1 Å². The van der Waals surface area contributed by atoms with Crippen LogP contribution in [-0.2, 0) is 4.79 Å². The van der Waals surface area contributed by atoms with Gasteiger partial charge in [0, 0.05) is 15.9 Å². The second kappa shape index (κ2) is 8.89. The Hall–Kier alpha value is -2.56. The third kappa shape index (κ3) is 4.79. The fourth-order valence-electron chi connectivity index (χ4n) is 2.46. The van der Waals surface area contributed by atoms with Crippen molar-refractivity contribution in [2.75, 3.05) is 17.7 Å². The number of rotatable bonds is 6. The van der Waals surface area contributed by atoms with Crippen molar-refractivity contribution in [3.63, 3.8) is 0 Å². The Morgan fingerprint density at radius 3 is 2.85 bits per heavy atom. The minimum atomic E-state index is -0.166. The van der Waals surface area contributed by atoms with E-state index in [1.54, 1.807) is 6.07 Å². The van der Waals surface area contributed by atoms with Gasteiger partial charge >= 0.3 is 0 Å². The van der Waals surface area contributed by atoms with Crippen molar-refractivity contribution in [2.45, 2.75) is 11.9 Å². The first-order valence-electron chi connectivity index (χ1n) is 8.25. The predicted molar refractivity (Wildman–Crippen MR) is 111 cm³/mol. The van der Waals surface area contributed by atoms with Crippen LogP contribution in [-0.4, -0.2) is 23.3 Å². The molecule has 0 fully saturated rings. The summed E-state index contributed by atoms with van der Waals surface area (Å²) in [5.74, 6) is 0.713. The fraction of sp³-hybridized carbons (Fsp3) is 0.150. The van der Waals surface area contributed by atoms with Crippen LogP contribution >= 0.6 is 27.7 Å². The Kier molecular flexibility index (Phi) is 6.32. The second-order valence-electron chi connectivity index (χ2n) is 5.56. The number of pyridine rings is 1. The summed E-state index contributed by atoms with van der Waals surface area (Å²) in [4.78, 5) is 16.8. The van der Waals surface area contributed by atoms with Gasteiger partial charge in [0.15, 0.2) is 0 Å². The molecule has 5 nitrogen and oxygen atoms in total. The van der Waals surface area contributed by atoms with Crippen LogP contribution in [0.4, 0.5) is 5.69 Å². The summed E-state index contributed by atoms with van der Waals surface area (Å²) in [7, 11) is 0. The number of hydrogen-bond donors (Lipinski definition) is 1. The lowest BCUT2D eigenvalue weighted by Crippen LogP contribution is -2.14. The lowest BCUT2D eigenvalue weighted by atomic mass is 10.1. The fourth-order valence-corrected chi connectivity index (χ4v) is 3.61. The number of thioether (sulfide) groups is 1. The summed E-state index contributed by atoms with van der Waals surface area (Å²) in [5.41, 5.74) is 1.88. The van der Waals surface area contributed by atoms with E-state index < -0.39 is 0 Å². The maximum atomic E-state index is 12.3. The molecule has 2 aromatic carbocycles. The highest BCUT2D eigenvalue weighted by atomic mass is 79.9. The lowest BCUT2D eigenvalue weighted by molar-refractivity contribution is -0.113. The van der Waals surface area contributed by atoms with Crippen molar-refractivity contribution in [2.24, 2.45) is 0 Å². The highest BCUT2D eigenvalue weighted by Crippen LogP contribution is 2.27. The van der Waals surface area contributed by atoms with E-state index in [1.165, 1.54) is 11.8 Å². The SMILES string of the molecule is CCOc1ccc2cc(C#N)c(SCC(=O)Nc3ccccc3Br)nc2c1. The number of halogens is 1. The average molecular weight is 442 g/mol. The first-order chi connectivity index (χ1) is 13.1. The number of aromatic nitrogens is 1. The molecule has 0 radical (unpaired) electrons. The Morgan fingerprint density at radius 1 is 1.30 bits per heavy atom. The molecular formula is C20H16BrN3O2S. The van der Waals surface area contributed by atoms with Crippen LogP contribution in [0.2, 0.25) is 0 Å². The van der Waals surface area contributed by atoms with Gasteiger partial charge in [0.1, 0.15) is 16.8 Å². The van der Waals surface area contributed by atoms with Crippen LogP contribution in [0.5, 0.6) is 5.75 Å². The van der Waals surface area contributed by atoms with Gasteiger partial charge in [-0.05, 0) is 53.2 Å². The standard InChI is InChI=1S/C20H16BrN3O2S/c1-2-26-15-8-7-13-9-14(11-22)20(24-18(13)10-15)27-12-19(25)23-17-6-4-3-5-16(17)21/h3-10H,2,12H2,1H3,(H,23,25). The van der Waals surface area contributed by atoms with Crippen molar-refractivity contribution in [3.8, 4) is 11.8 Å². The summed E-state index contributed by atoms with van der Waals surface area (Å²) >= 11 is 4.64. The maximum Gasteiger partial charge on any atom is 0.234 e. The minimum absolute atomic E-state index is 0.152. The van der Waals surface area contributed by atoms with Crippen molar-refractivity contribution in [3.05, 3.63) is 58.6 Å². The van der Waals surface area contributed by atoms with Crippen molar-refractivity contribution >= 4 is 50.2 Å². The zero-order chi connectivity index (χ0) is 19.2. The summed E-state index contributed by atoms with van der Waals surface area (Å²) in [6.07, 6.45) is 0. The lowest BCUT2D eigenvalue weighted by Gasteiger charge is -2.09. The largest absolute Gasteiger partial charge is 0.494 e. The summed E-state index contributed by atoms with van der Waals surface area (Å²) < 4.78 is 6.32. The first-order valence-corrected chi connectivity index (χ1v) is 10.0. The van der Waals surface area contributed by atoms with E-state index in [0.29, 0.717) is 22.9 Å². The number of nitrogens with one attached hydrogen (secondary N) is 1. The smallest absolute Gasteiger partial charge is 0.234 e. The molecule has 1 N–H and O–H groups in total. The number of anilines is 1. The molecule has 0 bridgehead atoms. The van der Waals surface area contributed by atoms with E-state index in [-0.39, 0.29) is 11.7 Å². The normalized spacial score (nSPS) is 10.4. The molecule has 0 spiro atoms. The van der Waals surface area contributed by atoms with E-state index in [9.17, 15) is 10.1 Å². The number of carbonyl (C=O) groups is 1. The number of amides is 1. The van der Waals surface area contributed by atoms with E-state index in [4.69, 9.17) is 4.74 Å². The van der Waals surface area contributed by atoms with Gasteiger partial charge < -0.3 is 10.1 Å². The van der Waals surface area contributed by atoms with Gasteiger partial charge in [-0.15, -0.1) is 0 Å². The molecule has 0 saturated carbocycles. The molecule has 1 heterocycles. The Balaban J connectivity index is 1.77. The highest BCUT2D eigenvalue weighted by molar-refractivity contribution is 9.10. The summed E-state index contributed by atoms with van der Waals surface area (Å²) in [6, 6.07) is 16.9. The van der Waals surface area contributed by atoms with Crippen LogP contribution < -0.4 is 10.1 Å². The Labute approximate surface area is 169 Å². The van der Waals surface area contributed by atoms with E-state index in [0.717, 1.165) is 21.1 Å². The number of fused-ring (bicyclic) bond motifs is 1. The Morgan fingerprint density at radius 2 is 2.11 bits per heavy atom. The topological polar surface area (TPSA) is 75.0 Å². The molecule has 0 aliphatic carbocycles. The third-order valence-corrected chi connectivity index (χ3v) is 5.36. The molecule has 3 rings (SSSR count). The monoisotopic (exact) mass is 441 g/mol. The number of para-hydroxylation sites is 1. The zero-order valence-electron chi connectivity index (χ0n) is 14.5. The maximum absolute atomic E-state index is 12.3. The van der Waals surface area contributed by atoms with Crippen LogP contribution in [0.3, 0.4) is 0 Å². The zero-order valence-corrected chi connectivity index (χ0v) is 16.9. The predicted octanol–water partition coefficient (Wildman–Crippen LogP) is 5.00. The van der Waals surface area contributed by atoms with Crippen LogP contribution in [0.25, 0.3) is 10.9 Å².